The summed E-state index contributed by atoms with van der Waals surface area (Å²) in [5.41, 5.74) is -0.189. The van der Waals surface area contributed by atoms with E-state index in [1.807, 2.05) is 0 Å². The summed E-state index contributed by atoms with van der Waals surface area (Å²) >= 11 is 0.711. The van der Waals surface area contributed by atoms with Gasteiger partial charge < -0.3 is 4.74 Å². The molecule has 0 aromatic carbocycles. The molecule has 1 rings (SSSR count). The van der Waals surface area contributed by atoms with Gasteiger partial charge in [-0.15, -0.1) is 0 Å². The molecule has 78 valence electrons. The van der Waals surface area contributed by atoms with Crippen LogP contribution in [0.5, 0.6) is 0 Å². The number of hydrogen-bond donors (Lipinski definition) is 0. The number of nitrogens with zero attached hydrogens (tertiary/aromatic N) is 1. The van der Waals surface area contributed by atoms with Gasteiger partial charge in [-0.3, -0.25) is 0 Å². The first-order valence-corrected chi connectivity index (χ1v) is 4.97. The van der Waals surface area contributed by atoms with Gasteiger partial charge in [0.15, 0.2) is 0 Å². The zero-order valence-corrected chi connectivity index (χ0v) is 9.37. The summed E-state index contributed by atoms with van der Waals surface area (Å²) in [6.45, 7) is 6.87. The quantitative estimate of drug-likeness (QED) is 0.678. The fraction of sp³-hybridized carbons (Fsp3) is 0.556. The molecule has 14 heavy (non-hydrogen) atoms. The maximum absolute atomic E-state index is 12.7. The van der Waals surface area contributed by atoms with Gasteiger partial charge >= 0.3 is 5.97 Å². The molecule has 5 heteroatoms. The standard InChI is InChI=1S/C9H12FNO2S/c1-5-6(14-8(10)11-5)7(12)13-9(2,3)4/h1-4H3. The minimum Gasteiger partial charge on any atom is -0.456 e. The molecule has 0 aliphatic carbocycles. The van der Waals surface area contributed by atoms with Crippen molar-refractivity contribution in [3.8, 4) is 0 Å². The Hall–Kier alpha value is -0.970. The molecule has 3 nitrogen and oxygen atoms in total. The highest BCUT2D eigenvalue weighted by molar-refractivity contribution is 7.12. The van der Waals surface area contributed by atoms with Crippen LogP contribution < -0.4 is 0 Å². The average molecular weight is 217 g/mol. The van der Waals surface area contributed by atoms with Crippen LogP contribution in [0.1, 0.15) is 36.1 Å². The van der Waals surface area contributed by atoms with Crippen molar-refractivity contribution in [1.82, 2.24) is 4.98 Å². The predicted molar refractivity (Wildman–Crippen MR) is 52.0 cm³/mol. The maximum atomic E-state index is 12.7. The van der Waals surface area contributed by atoms with Gasteiger partial charge in [-0.1, -0.05) is 11.3 Å². The lowest BCUT2D eigenvalue weighted by atomic mass is 10.2. The van der Waals surface area contributed by atoms with Gasteiger partial charge in [0.25, 0.3) is 5.26 Å². The first-order chi connectivity index (χ1) is 6.29. The molecule has 0 N–H and O–H groups in total. The second kappa shape index (κ2) is 3.65. The minimum absolute atomic E-state index is 0.234. The highest BCUT2D eigenvalue weighted by Crippen LogP contribution is 2.20. The monoisotopic (exact) mass is 217 g/mol. The molecule has 0 radical (unpaired) electrons. The maximum Gasteiger partial charge on any atom is 0.350 e. The van der Waals surface area contributed by atoms with Crippen molar-refractivity contribution in [1.29, 1.82) is 0 Å². The lowest BCUT2D eigenvalue weighted by molar-refractivity contribution is 0.00742. The van der Waals surface area contributed by atoms with Gasteiger partial charge in [0.2, 0.25) is 0 Å². The molecule has 0 amide bonds. The number of aromatic nitrogens is 1. The average Bonchev–Trinajstić information content (AvgIpc) is 2.26. The molecule has 0 aliphatic heterocycles. The fourth-order valence-corrected chi connectivity index (χ4v) is 1.55. The molecule has 0 saturated heterocycles. The van der Waals surface area contributed by atoms with E-state index in [-0.39, 0.29) is 4.88 Å². The summed E-state index contributed by atoms with van der Waals surface area (Å²) in [5.74, 6) is -0.517. The number of rotatable bonds is 1. The Morgan fingerprint density at radius 3 is 2.43 bits per heavy atom. The van der Waals surface area contributed by atoms with E-state index in [1.165, 1.54) is 0 Å². The van der Waals surface area contributed by atoms with Crippen LogP contribution in [-0.2, 0) is 4.74 Å². The Morgan fingerprint density at radius 2 is 2.07 bits per heavy atom. The van der Waals surface area contributed by atoms with Crippen LogP contribution in [0, 0.1) is 12.2 Å². The van der Waals surface area contributed by atoms with E-state index in [9.17, 15) is 9.18 Å². The van der Waals surface area contributed by atoms with Crippen LogP contribution in [0.2, 0.25) is 0 Å². The van der Waals surface area contributed by atoms with Gasteiger partial charge in [0.1, 0.15) is 10.5 Å². The number of halogens is 1. The molecule has 0 aliphatic rings. The fourth-order valence-electron chi connectivity index (χ4n) is 0.877. The molecule has 1 aromatic rings. The Bertz CT molecular complexity index is 354. The topological polar surface area (TPSA) is 39.2 Å². The van der Waals surface area contributed by atoms with Crippen molar-refractivity contribution in [2.45, 2.75) is 33.3 Å². The lowest BCUT2D eigenvalue weighted by Crippen LogP contribution is -2.23. The summed E-state index contributed by atoms with van der Waals surface area (Å²) in [6, 6.07) is 0. The van der Waals surface area contributed by atoms with Crippen LogP contribution in [0.15, 0.2) is 0 Å². The normalized spacial score (nSPS) is 11.5. The highest BCUT2D eigenvalue weighted by Gasteiger charge is 2.22. The Kier molecular flexibility index (Phi) is 2.89. The molecule has 0 unspecified atom stereocenters. The molecule has 1 heterocycles. The summed E-state index contributed by atoms with van der Waals surface area (Å²) in [6.07, 6.45) is 0. The first kappa shape index (κ1) is 11.1. The molecule has 0 bridgehead atoms. The zero-order valence-electron chi connectivity index (χ0n) is 8.55. The molecule has 0 atom stereocenters. The number of esters is 1. The van der Waals surface area contributed by atoms with E-state index < -0.39 is 16.8 Å². The van der Waals surface area contributed by atoms with Gasteiger partial charge in [-0.05, 0) is 27.7 Å². The third-order valence-corrected chi connectivity index (χ3v) is 2.28. The third-order valence-electron chi connectivity index (χ3n) is 1.35. The van der Waals surface area contributed by atoms with Gasteiger partial charge in [0, 0.05) is 0 Å². The Balaban J connectivity index is 2.85. The van der Waals surface area contributed by atoms with Gasteiger partial charge in [-0.2, -0.15) is 4.39 Å². The van der Waals surface area contributed by atoms with E-state index in [0.29, 0.717) is 17.0 Å². The molecular formula is C9H12FNO2S. The summed E-state index contributed by atoms with van der Waals surface area (Å²) < 4.78 is 17.8. The molecule has 1 aromatic heterocycles. The zero-order chi connectivity index (χ0) is 10.9. The number of thiazole rings is 1. The highest BCUT2D eigenvalue weighted by atomic mass is 32.1. The summed E-state index contributed by atoms with van der Waals surface area (Å²) in [7, 11) is 0. The van der Waals surface area contributed by atoms with Gasteiger partial charge in [0.05, 0.1) is 5.69 Å². The second-order valence-electron chi connectivity index (χ2n) is 3.88. The lowest BCUT2D eigenvalue weighted by Gasteiger charge is -2.18. The van der Waals surface area contributed by atoms with E-state index in [0.717, 1.165) is 0 Å². The molecular weight excluding hydrogens is 205 g/mol. The van der Waals surface area contributed by atoms with Crippen molar-refractivity contribution in [3.05, 3.63) is 15.8 Å². The minimum atomic E-state index is -0.608. The van der Waals surface area contributed by atoms with E-state index in [4.69, 9.17) is 4.74 Å². The molecule has 0 saturated carbocycles. The number of hydrogen-bond acceptors (Lipinski definition) is 4. The van der Waals surface area contributed by atoms with Crippen molar-refractivity contribution in [2.24, 2.45) is 0 Å². The number of ether oxygens (including phenoxy) is 1. The summed E-state index contributed by atoms with van der Waals surface area (Å²) in [5, 5.41) is -0.608. The van der Waals surface area contributed by atoms with E-state index in [1.54, 1.807) is 27.7 Å². The largest absolute Gasteiger partial charge is 0.456 e. The molecule has 0 spiro atoms. The second-order valence-corrected chi connectivity index (χ2v) is 4.83. The van der Waals surface area contributed by atoms with Gasteiger partial charge in [-0.25, -0.2) is 9.78 Å². The first-order valence-electron chi connectivity index (χ1n) is 4.16. The number of carbonyl (C=O) groups excluding carboxylic acids is 1. The smallest absolute Gasteiger partial charge is 0.350 e. The van der Waals surface area contributed by atoms with Crippen LogP contribution in [0.25, 0.3) is 0 Å². The van der Waals surface area contributed by atoms with Crippen molar-refractivity contribution in [2.75, 3.05) is 0 Å². The summed E-state index contributed by atoms with van der Waals surface area (Å²) in [4.78, 5) is 15.2. The molecule has 0 fully saturated rings. The van der Waals surface area contributed by atoms with Crippen molar-refractivity contribution < 1.29 is 13.9 Å². The Morgan fingerprint density at radius 1 is 1.50 bits per heavy atom. The Labute approximate surface area is 85.9 Å². The van der Waals surface area contributed by atoms with Crippen LogP contribution >= 0.6 is 11.3 Å². The van der Waals surface area contributed by atoms with Crippen LogP contribution in [-0.4, -0.2) is 16.6 Å². The number of carbonyl (C=O) groups is 1. The third kappa shape index (κ3) is 2.77. The predicted octanol–water partition coefficient (Wildman–Crippen LogP) is 2.55. The van der Waals surface area contributed by atoms with E-state index in [2.05, 4.69) is 4.98 Å². The van der Waals surface area contributed by atoms with Crippen LogP contribution in [0.3, 0.4) is 0 Å². The van der Waals surface area contributed by atoms with E-state index >= 15 is 0 Å². The van der Waals surface area contributed by atoms with Crippen molar-refractivity contribution >= 4 is 17.3 Å². The van der Waals surface area contributed by atoms with Crippen LogP contribution in [0.4, 0.5) is 4.39 Å². The number of aryl methyl sites for hydroxylation is 1. The van der Waals surface area contributed by atoms with Crippen molar-refractivity contribution in [3.63, 3.8) is 0 Å². The SMILES string of the molecule is Cc1nc(F)sc1C(=O)OC(C)(C)C.